The molecule has 1 saturated heterocycles. The van der Waals surface area contributed by atoms with Gasteiger partial charge in [0, 0.05) is 50.2 Å². The zero-order valence-electron chi connectivity index (χ0n) is 17.6. The lowest BCUT2D eigenvalue weighted by molar-refractivity contribution is -0.129. The lowest BCUT2D eigenvalue weighted by Gasteiger charge is -2.41. The minimum Gasteiger partial charge on any atom is -0.365 e. The number of alkyl halides is 3. The zero-order chi connectivity index (χ0) is 23.5. The summed E-state index contributed by atoms with van der Waals surface area (Å²) < 4.78 is 37.6. The van der Waals surface area contributed by atoms with Crippen LogP contribution in [0.4, 0.5) is 36.3 Å². The number of amides is 2. The molecule has 1 aliphatic rings. The fraction of sp³-hybridized carbons (Fsp3) is 0.400. The minimum absolute atomic E-state index is 0.0101. The summed E-state index contributed by atoms with van der Waals surface area (Å²) in [6.07, 6.45) is -3.42. The zero-order valence-corrected chi connectivity index (χ0v) is 17.6. The summed E-state index contributed by atoms with van der Waals surface area (Å²) in [6, 6.07) is 7.51. The molecule has 0 saturated carbocycles. The summed E-state index contributed by atoms with van der Waals surface area (Å²) in [5, 5.41) is 4.98. The largest absolute Gasteiger partial charge is 0.405 e. The maximum Gasteiger partial charge on any atom is 0.405 e. The fourth-order valence-corrected chi connectivity index (χ4v) is 3.43. The molecule has 0 unspecified atom stereocenters. The van der Waals surface area contributed by atoms with Gasteiger partial charge < -0.3 is 26.2 Å². The Labute approximate surface area is 182 Å². The lowest BCUT2D eigenvalue weighted by Crippen LogP contribution is -2.53. The Morgan fingerprint density at radius 1 is 1.22 bits per heavy atom. The van der Waals surface area contributed by atoms with Crippen LogP contribution in [-0.2, 0) is 4.79 Å². The maximum atomic E-state index is 12.5. The van der Waals surface area contributed by atoms with Gasteiger partial charge in [-0.3, -0.25) is 9.59 Å². The molecule has 1 aromatic heterocycles. The van der Waals surface area contributed by atoms with Crippen molar-refractivity contribution in [2.75, 3.05) is 41.7 Å². The number of piperazine rings is 1. The van der Waals surface area contributed by atoms with E-state index in [1.807, 2.05) is 24.0 Å². The molecule has 2 amide bonds. The van der Waals surface area contributed by atoms with Crippen LogP contribution in [0, 0.1) is 0 Å². The summed E-state index contributed by atoms with van der Waals surface area (Å²) in [5.41, 5.74) is 6.54. The van der Waals surface area contributed by atoms with Crippen molar-refractivity contribution in [3.63, 3.8) is 0 Å². The monoisotopic (exact) mass is 451 g/mol. The number of primary amides is 1. The van der Waals surface area contributed by atoms with Crippen LogP contribution >= 0.6 is 0 Å². The molecular weight excluding hydrogens is 427 g/mol. The van der Waals surface area contributed by atoms with Crippen molar-refractivity contribution < 1.29 is 22.8 Å². The highest BCUT2D eigenvalue weighted by molar-refractivity contribution is 5.97. The van der Waals surface area contributed by atoms with Crippen molar-refractivity contribution in [2.45, 2.75) is 26.1 Å². The number of halogens is 3. The van der Waals surface area contributed by atoms with E-state index in [1.54, 1.807) is 19.1 Å². The van der Waals surface area contributed by atoms with Crippen LogP contribution in [0.15, 0.2) is 30.5 Å². The average molecular weight is 451 g/mol. The predicted octanol–water partition coefficient (Wildman–Crippen LogP) is 2.35. The topological polar surface area (TPSA) is 116 Å². The van der Waals surface area contributed by atoms with Crippen LogP contribution in [0.25, 0.3) is 0 Å². The molecule has 0 spiro atoms. The van der Waals surface area contributed by atoms with Crippen LogP contribution in [0.5, 0.6) is 0 Å². The van der Waals surface area contributed by atoms with Gasteiger partial charge in [-0.25, -0.2) is 4.98 Å². The van der Waals surface area contributed by atoms with Crippen LogP contribution in [0.3, 0.4) is 0 Å². The van der Waals surface area contributed by atoms with E-state index < -0.39 is 18.6 Å². The van der Waals surface area contributed by atoms with Gasteiger partial charge >= 0.3 is 6.18 Å². The van der Waals surface area contributed by atoms with Gasteiger partial charge in [-0.15, -0.1) is 0 Å². The minimum atomic E-state index is -4.49. The smallest absolute Gasteiger partial charge is 0.365 e. The molecule has 1 fully saturated rings. The first kappa shape index (κ1) is 23.1. The number of benzene rings is 1. The van der Waals surface area contributed by atoms with Crippen LogP contribution in [0.1, 0.15) is 24.2 Å². The Bertz CT molecular complexity index is 982. The van der Waals surface area contributed by atoms with Gasteiger partial charge in [0.05, 0.1) is 5.56 Å². The van der Waals surface area contributed by atoms with E-state index in [4.69, 9.17) is 5.73 Å². The number of nitrogens with two attached hydrogens (primary N) is 1. The van der Waals surface area contributed by atoms with Gasteiger partial charge in [0.2, 0.25) is 11.9 Å². The van der Waals surface area contributed by atoms with Crippen molar-refractivity contribution in [3.05, 3.63) is 36.0 Å². The molecule has 2 heterocycles. The standard InChI is InChI=1S/C20H24F3N7O2/c1-12-10-29(13(2)31)7-8-30(12)15-5-3-14(4-6-15)27-19-25-9-16(17(24)32)18(28-19)26-11-20(21,22)23/h3-6,9,12H,7-8,10-11H2,1-2H3,(H2,24,32)(H2,25,26,27,28)/t12-/m0/s1. The summed E-state index contributed by atoms with van der Waals surface area (Å²) in [7, 11) is 0. The maximum absolute atomic E-state index is 12.5. The highest BCUT2D eigenvalue weighted by Crippen LogP contribution is 2.25. The van der Waals surface area contributed by atoms with E-state index in [1.165, 1.54) is 0 Å². The number of hydrogen-bond donors (Lipinski definition) is 3. The predicted molar refractivity (Wildman–Crippen MR) is 114 cm³/mol. The fourth-order valence-electron chi connectivity index (χ4n) is 3.43. The van der Waals surface area contributed by atoms with Crippen molar-refractivity contribution in [3.8, 4) is 0 Å². The first-order valence-corrected chi connectivity index (χ1v) is 9.90. The Balaban J connectivity index is 1.71. The molecule has 9 nitrogen and oxygen atoms in total. The second-order valence-electron chi connectivity index (χ2n) is 7.47. The third-order valence-electron chi connectivity index (χ3n) is 5.04. The molecule has 4 N–H and O–H groups in total. The van der Waals surface area contributed by atoms with Crippen molar-refractivity contribution in [1.82, 2.24) is 14.9 Å². The van der Waals surface area contributed by atoms with Crippen molar-refractivity contribution in [2.24, 2.45) is 5.73 Å². The summed E-state index contributed by atoms with van der Waals surface area (Å²) in [6.45, 7) is 4.24. The van der Waals surface area contributed by atoms with Gasteiger partial charge in [0.1, 0.15) is 12.4 Å². The van der Waals surface area contributed by atoms with Crippen molar-refractivity contribution in [1.29, 1.82) is 0 Å². The van der Waals surface area contributed by atoms with Crippen LogP contribution in [0.2, 0.25) is 0 Å². The SMILES string of the molecule is CC(=O)N1CCN(c2ccc(Nc3ncc(C(N)=O)c(NCC(F)(F)F)n3)cc2)[C@@H](C)C1. The summed E-state index contributed by atoms with van der Waals surface area (Å²) in [4.78, 5) is 35.0. The van der Waals surface area contributed by atoms with Crippen molar-refractivity contribution >= 4 is 35.0 Å². The first-order chi connectivity index (χ1) is 15.0. The number of hydrogen-bond acceptors (Lipinski definition) is 7. The second kappa shape index (κ2) is 9.28. The van der Waals surface area contributed by atoms with Crippen LogP contribution < -0.4 is 21.3 Å². The summed E-state index contributed by atoms with van der Waals surface area (Å²) in [5.74, 6) is -1.18. The highest BCUT2D eigenvalue weighted by atomic mass is 19.4. The van der Waals surface area contributed by atoms with Gasteiger partial charge in [0.15, 0.2) is 0 Å². The molecule has 172 valence electrons. The molecular formula is C20H24F3N7O2. The van der Waals surface area contributed by atoms with E-state index in [0.29, 0.717) is 25.3 Å². The Morgan fingerprint density at radius 3 is 2.47 bits per heavy atom. The second-order valence-corrected chi connectivity index (χ2v) is 7.47. The molecule has 2 aromatic rings. The molecule has 1 aromatic carbocycles. The number of nitrogens with zero attached hydrogens (tertiary/aromatic N) is 4. The quantitative estimate of drug-likeness (QED) is 0.617. The molecule has 0 bridgehead atoms. The Morgan fingerprint density at radius 2 is 1.91 bits per heavy atom. The number of aromatic nitrogens is 2. The molecule has 0 aliphatic carbocycles. The van der Waals surface area contributed by atoms with Gasteiger partial charge in [-0.1, -0.05) is 0 Å². The highest BCUT2D eigenvalue weighted by Gasteiger charge is 2.28. The normalized spacial score (nSPS) is 16.6. The molecule has 3 rings (SSSR count). The van der Waals surface area contributed by atoms with Gasteiger partial charge in [-0.2, -0.15) is 18.2 Å². The van der Waals surface area contributed by atoms with Gasteiger partial charge in [-0.05, 0) is 31.2 Å². The third-order valence-corrected chi connectivity index (χ3v) is 5.04. The van der Waals surface area contributed by atoms with E-state index >= 15 is 0 Å². The number of carbonyl (C=O) groups excluding carboxylic acids is 2. The number of carbonyl (C=O) groups is 2. The van der Waals surface area contributed by atoms with E-state index in [-0.39, 0.29) is 29.3 Å². The summed E-state index contributed by atoms with van der Waals surface area (Å²) >= 11 is 0. The van der Waals surface area contributed by atoms with E-state index in [2.05, 4.69) is 25.5 Å². The molecule has 1 atom stereocenters. The molecule has 0 radical (unpaired) electrons. The van der Waals surface area contributed by atoms with Crippen LogP contribution in [-0.4, -0.2) is 65.1 Å². The van der Waals surface area contributed by atoms with Gasteiger partial charge in [0.25, 0.3) is 5.91 Å². The van der Waals surface area contributed by atoms with E-state index in [9.17, 15) is 22.8 Å². The Kier molecular flexibility index (Phi) is 6.70. The molecule has 1 aliphatic heterocycles. The first-order valence-electron chi connectivity index (χ1n) is 9.90. The number of anilines is 4. The lowest BCUT2D eigenvalue weighted by atomic mass is 10.1. The van der Waals surface area contributed by atoms with E-state index in [0.717, 1.165) is 11.9 Å². The number of nitrogens with one attached hydrogen (secondary N) is 2. The Hall–Kier alpha value is -3.57. The molecule has 32 heavy (non-hydrogen) atoms. The number of rotatable bonds is 6. The molecule has 12 heteroatoms. The third kappa shape index (κ3) is 5.77. The average Bonchev–Trinajstić information content (AvgIpc) is 2.72.